The van der Waals surface area contributed by atoms with Crippen molar-refractivity contribution in [1.29, 1.82) is 0 Å². The smallest absolute Gasteiger partial charge is 0.198 e. The topological polar surface area (TPSA) is 51.6 Å². The van der Waals surface area contributed by atoms with Gasteiger partial charge in [-0.3, -0.25) is 4.98 Å². The van der Waals surface area contributed by atoms with Crippen LogP contribution in [0.15, 0.2) is 48.7 Å². The van der Waals surface area contributed by atoms with Crippen molar-refractivity contribution in [2.24, 2.45) is 0 Å². The van der Waals surface area contributed by atoms with Crippen LogP contribution in [-0.2, 0) is 22.7 Å². The van der Waals surface area contributed by atoms with Crippen LogP contribution >= 0.6 is 0 Å². The van der Waals surface area contributed by atoms with Crippen molar-refractivity contribution in [3.63, 3.8) is 0 Å². The van der Waals surface area contributed by atoms with Crippen molar-refractivity contribution in [2.75, 3.05) is 6.61 Å². The molecule has 1 heterocycles. The van der Waals surface area contributed by atoms with Gasteiger partial charge >= 0.3 is 0 Å². The van der Waals surface area contributed by atoms with Gasteiger partial charge in [-0.1, -0.05) is 36.4 Å². The van der Waals surface area contributed by atoms with E-state index in [0.29, 0.717) is 25.5 Å². The second kappa shape index (κ2) is 7.75. The standard InChI is InChI=1S/C16H19NO3/c1-2-20-16(18)15-9-8-14(10-17-15)12-19-11-13-6-4-3-5-7-13/h3-10,16,18H,2,11-12H2,1H3. The molecule has 0 saturated carbocycles. The van der Waals surface area contributed by atoms with Gasteiger partial charge in [0.2, 0.25) is 0 Å². The molecule has 0 radical (unpaired) electrons. The summed E-state index contributed by atoms with van der Waals surface area (Å²) in [5, 5.41) is 9.62. The molecule has 1 N–H and O–H groups in total. The van der Waals surface area contributed by atoms with Crippen molar-refractivity contribution in [3.05, 3.63) is 65.5 Å². The van der Waals surface area contributed by atoms with E-state index in [1.54, 1.807) is 12.3 Å². The lowest BCUT2D eigenvalue weighted by Crippen LogP contribution is -2.05. The molecule has 1 aromatic carbocycles. The van der Waals surface area contributed by atoms with Crippen molar-refractivity contribution in [3.8, 4) is 0 Å². The van der Waals surface area contributed by atoms with E-state index in [-0.39, 0.29) is 0 Å². The minimum absolute atomic E-state index is 0.449. The van der Waals surface area contributed by atoms with Crippen LogP contribution in [0.5, 0.6) is 0 Å². The van der Waals surface area contributed by atoms with Crippen LogP contribution in [0, 0.1) is 0 Å². The van der Waals surface area contributed by atoms with E-state index in [2.05, 4.69) is 4.98 Å². The summed E-state index contributed by atoms with van der Waals surface area (Å²) in [6.45, 7) is 3.34. The highest BCUT2D eigenvalue weighted by Crippen LogP contribution is 2.12. The SMILES string of the molecule is CCOC(O)c1ccc(COCc2ccccc2)cn1. The van der Waals surface area contributed by atoms with Gasteiger partial charge in [-0.05, 0) is 24.1 Å². The van der Waals surface area contributed by atoms with Gasteiger partial charge in [-0.15, -0.1) is 0 Å². The summed E-state index contributed by atoms with van der Waals surface area (Å²) in [6, 6.07) is 13.7. The monoisotopic (exact) mass is 273 g/mol. The minimum atomic E-state index is -0.959. The molecule has 2 rings (SSSR count). The zero-order chi connectivity index (χ0) is 14.2. The highest BCUT2D eigenvalue weighted by Gasteiger charge is 2.07. The quantitative estimate of drug-likeness (QED) is 0.788. The third-order valence-electron chi connectivity index (χ3n) is 2.81. The Balaban J connectivity index is 1.82. The summed E-state index contributed by atoms with van der Waals surface area (Å²) in [7, 11) is 0. The number of ether oxygens (including phenoxy) is 2. The molecule has 0 bridgehead atoms. The average molecular weight is 273 g/mol. The highest BCUT2D eigenvalue weighted by atomic mass is 16.6. The zero-order valence-electron chi connectivity index (χ0n) is 11.5. The Bertz CT molecular complexity index is 499. The van der Waals surface area contributed by atoms with E-state index in [4.69, 9.17) is 9.47 Å². The van der Waals surface area contributed by atoms with Gasteiger partial charge in [0.05, 0.1) is 18.9 Å². The summed E-state index contributed by atoms with van der Waals surface area (Å²) in [5.41, 5.74) is 2.62. The van der Waals surface area contributed by atoms with Crippen LogP contribution in [0.3, 0.4) is 0 Å². The number of hydrogen-bond acceptors (Lipinski definition) is 4. The molecule has 0 aliphatic rings. The van der Waals surface area contributed by atoms with Gasteiger partial charge in [-0.2, -0.15) is 0 Å². The van der Waals surface area contributed by atoms with Gasteiger partial charge in [0.1, 0.15) is 0 Å². The van der Waals surface area contributed by atoms with E-state index in [9.17, 15) is 5.11 Å². The van der Waals surface area contributed by atoms with E-state index in [1.165, 1.54) is 0 Å². The number of aliphatic hydroxyl groups is 1. The molecular weight excluding hydrogens is 254 g/mol. The summed E-state index contributed by atoms with van der Waals surface area (Å²) < 4.78 is 10.7. The number of aromatic nitrogens is 1. The molecule has 106 valence electrons. The molecule has 0 aliphatic carbocycles. The highest BCUT2D eigenvalue weighted by molar-refractivity contribution is 5.15. The lowest BCUT2D eigenvalue weighted by atomic mass is 10.2. The molecule has 1 atom stereocenters. The van der Waals surface area contributed by atoms with Crippen molar-refractivity contribution in [2.45, 2.75) is 26.4 Å². The Labute approximate surface area is 119 Å². The summed E-state index contributed by atoms with van der Waals surface area (Å²) in [5.74, 6) is 0. The molecule has 0 aliphatic heterocycles. The van der Waals surface area contributed by atoms with Crippen LogP contribution in [0.25, 0.3) is 0 Å². The predicted octanol–water partition coefficient (Wildman–Crippen LogP) is 2.83. The molecular formula is C16H19NO3. The lowest BCUT2D eigenvalue weighted by Gasteiger charge is -2.10. The molecule has 2 aromatic rings. The van der Waals surface area contributed by atoms with Gasteiger partial charge in [0, 0.05) is 12.8 Å². The molecule has 4 heteroatoms. The fraction of sp³-hybridized carbons (Fsp3) is 0.312. The molecule has 0 fully saturated rings. The van der Waals surface area contributed by atoms with Crippen molar-refractivity contribution < 1.29 is 14.6 Å². The first-order valence-corrected chi connectivity index (χ1v) is 6.65. The summed E-state index contributed by atoms with van der Waals surface area (Å²) in [6.07, 6.45) is 0.738. The van der Waals surface area contributed by atoms with Gasteiger partial charge in [0.25, 0.3) is 0 Å². The molecule has 0 amide bonds. The Morgan fingerprint density at radius 1 is 1.05 bits per heavy atom. The largest absolute Gasteiger partial charge is 0.372 e. The maximum absolute atomic E-state index is 9.62. The number of nitrogens with zero attached hydrogens (tertiary/aromatic N) is 1. The predicted molar refractivity (Wildman–Crippen MR) is 75.8 cm³/mol. The Morgan fingerprint density at radius 2 is 1.80 bits per heavy atom. The first-order valence-electron chi connectivity index (χ1n) is 6.65. The second-order valence-corrected chi connectivity index (χ2v) is 4.38. The first-order chi connectivity index (χ1) is 9.79. The summed E-state index contributed by atoms with van der Waals surface area (Å²) >= 11 is 0. The van der Waals surface area contributed by atoms with Gasteiger partial charge < -0.3 is 14.6 Å². The zero-order valence-corrected chi connectivity index (χ0v) is 11.5. The van der Waals surface area contributed by atoms with E-state index in [0.717, 1.165) is 11.1 Å². The first kappa shape index (κ1) is 14.7. The molecule has 1 unspecified atom stereocenters. The number of pyridine rings is 1. The fourth-order valence-corrected chi connectivity index (χ4v) is 1.77. The van der Waals surface area contributed by atoms with E-state index in [1.807, 2.05) is 43.3 Å². The molecule has 0 spiro atoms. The van der Waals surface area contributed by atoms with Crippen molar-refractivity contribution in [1.82, 2.24) is 4.98 Å². The van der Waals surface area contributed by atoms with Crippen molar-refractivity contribution >= 4 is 0 Å². The average Bonchev–Trinajstić information content (AvgIpc) is 2.49. The maximum Gasteiger partial charge on any atom is 0.198 e. The normalized spacial score (nSPS) is 12.3. The Kier molecular flexibility index (Phi) is 5.68. The molecule has 4 nitrogen and oxygen atoms in total. The molecule has 0 saturated heterocycles. The maximum atomic E-state index is 9.62. The van der Waals surface area contributed by atoms with Crippen LogP contribution in [-0.4, -0.2) is 16.7 Å². The number of rotatable bonds is 7. The van der Waals surface area contributed by atoms with E-state index >= 15 is 0 Å². The fourth-order valence-electron chi connectivity index (χ4n) is 1.77. The number of hydrogen-bond donors (Lipinski definition) is 1. The Hall–Kier alpha value is -1.75. The van der Waals surface area contributed by atoms with Gasteiger partial charge in [-0.25, -0.2) is 0 Å². The lowest BCUT2D eigenvalue weighted by molar-refractivity contribution is -0.101. The Morgan fingerprint density at radius 3 is 2.45 bits per heavy atom. The third kappa shape index (κ3) is 4.42. The second-order valence-electron chi connectivity index (χ2n) is 4.38. The van der Waals surface area contributed by atoms with Crippen LogP contribution < -0.4 is 0 Å². The van der Waals surface area contributed by atoms with Crippen LogP contribution in [0.2, 0.25) is 0 Å². The minimum Gasteiger partial charge on any atom is -0.372 e. The number of benzene rings is 1. The summed E-state index contributed by atoms with van der Waals surface area (Å²) in [4.78, 5) is 4.17. The van der Waals surface area contributed by atoms with Gasteiger partial charge in [0.15, 0.2) is 6.29 Å². The van der Waals surface area contributed by atoms with Crippen LogP contribution in [0.1, 0.15) is 30.0 Å². The number of aliphatic hydroxyl groups excluding tert-OH is 1. The third-order valence-corrected chi connectivity index (χ3v) is 2.81. The van der Waals surface area contributed by atoms with Crippen LogP contribution in [0.4, 0.5) is 0 Å². The molecule has 1 aromatic heterocycles. The molecule has 20 heavy (non-hydrogen) atoms. The van der Waals surface area contributed by atoms with E-state index < -0.39 is 6.29 Å².